The molecule has 7 rings (SSSR count). The molecule has 1 aliphatic carbocycles. The molecule has 0 saturated heterocycles. The summed E-state index contributed by atoms with van der Waals surface area (Å²) < 4.78 is 0. The molecule has 1 radical (unpaired) electrons. The summed E-state index contributed by atoms with van der Waals surface area (Å²) in [5.41, 5.74) is 17.2. The minimum absolute atomic E-state index is 0. The van der Waals surface area contributed by atoms with Gasteiger partial charge in [-0.1, -0.05) is 113 Å². The molecule has 0 unspecified atom stereocenters. The Morgan fingerprint density at radius 1 is 0.667 bits per heavy atom. The molecule has 0 N–H and O–H groups in total. The van der Waals surface area contributed by atoms with E-state index in [1.807, 2.05) is 18.5 Å². The van der Waals surface area contributed by atoms with Crippen LogP contribution in [0.15, 0.2) is 104 Å². The predicted molar refractivity (Wildman–Crippen MR) is 195 cm³/mol. The maximum absolute atomic E-state index is 4.64. The quantitative estimate of drug-likeness (QED) is 0.167. The van der Waals surface area contributed by atoms with E-state index in [2.05, 4.69) is 155 Å². The third kappa shape index (κ3) is 7.41. The van der Waals surface area contributed by atoms with Crippen molar-refractivity contribution in [3.63, 3.8) is 0 Å². The first-order valence-electron chi connectivity index (χ1n) is 16.4. The zero-order valence-electron chi connectivity index (χ0n) is 29.2. The third-order valence-electron chi connectivity index (χ3n) is 9.17. The molecular formula is C44H43IrN3-2. The van der Waals surface area contributed by atoms with Crippen LogP contribution in [-0.4, -0.2) is 15.0 Å². The fraction of sp³-hybridized carbons (Fsp3) is 0.250. The van der Waals surface area contributed by atoms with Crippen LogP contribution in [0.4, 0.5) is 0 Å². The van der Waals surface area contributed by atoms with E-state index < -0.39 is 0 Å². The zero-order chi connectivity index (χ0) is 33.3. The van der Waals surface area contributed by atoms with Gasteiger partial charge in [-0.15, -0.1) is 35.4 Å². The van der Waals surface area contributed by atoms with Crippen LogP contribution in [-0.2, 0) is 31.9 Å². The summed E-state index contributed by atoms with van der Waals surface area (Å²) in [6, 6.07) is 34.7. The Balaban J connectivity index is 0.000000187. The molecule has 0 amide bonds. The van der Waals surface area contributed by atoms with E-state index >= 15 is 0 Å². The van der Waals surface area contributed by atoms with Gasteiger partial charge >= 0.3 is 0 Å². The Hall–Kier alpha value is -4.24. The van der Waals surface area contributed by atoms with Gasteiger partial charge in [0.2, 0.25) is 0 Å². The van der Waals surface area contributed by atoms with E-state index in [0.29, 0.717) is 5.41 Å². The largest absolute Gasteiger partial charge is 0.320 e. The van der Waals surface area contributed by atoms with Crippen LogP contribution in [0.25, 0.3) is 44.8 Å². The number of aryl methyl sites for hydroxylation is 3. The van der Waals surface area contributed by atoms with Gasteiger partial charge in [-0.25, -0.2) is 0 Å². The maximum atomic E-state index is 4.64. The molecule has 3 heterocycles. The van der Waals surface area contributed by atoms with Crippen molar-refractivity contribution in [1.82, 2.24) is 15.0 Å². The molecule has 3 aromatic carbocycles. The molecule has 0 saturated carbocycles. The summed E-state index contributed by atoms with van der Waals surface area (Å²) in [4.78, 5) is 13.3. The Bertz CT molecular complexity index is 2040. The Kier molecular flexibility index (Phi) is 10.3. The van der Waals surface area contributed by atoms with Crippen LogP contribution >= 0.6 is 0 Å². The number of nitrogens with zero attached hydrogens (tertiary/aromatic N) is 3. The van der Waals surface area contributed by atoms with Gasteiger partial charge in [0.15, 0.2) is 0 Å². The second-order valence-electron chi connectivity index (χ2n) is 14.5. The molecule has 0 aliphatic heterocycles. The van der Waals surface area contributed by atoms with Crippen molar-refractivity contribution >= 4 is 0 Å². The van der Waals surface area contributed by atoms with Gasteiger partial charge < -0.3 is 9.97 Å². The van der Waals surface area contributed by atoms with Crippen LogP contribution in [0.3, 0.4) is 0 Å². The number of rotatable bonds is 4. The van der Waals surface area contributed by atoms with Crippen LogP contribution in [0, 0.1) is 38.3 Å². The van der Waals surface area contributed by atoms with Crippen molar-refractivity contribution < 1.29 is 20.1 Å². The van der Waals surface area contributed by atoms with E-state index in [1.165, 1.54) is 55.6 Å². The molecular weight excluding hydrogens is 763 g/mol. The molecule has 48 heavy (non-hydrogen) atoms. The van der Waals surface area contributed by atoms with E-state index in [1.54, 1.807) is 12.4 Å². The molecule has 1 aliphatic rings. The van der Waals surface area contributed by atoms with Crippen molar-refractivity contribution in [2.75, 3.05) is 0 Å². The summed E-state index contributed by atoms with van der Waals surface area (Å²) >= 11 is 0. The molecule has 0 bridgehead atoms. The first kappa shape index (κ1) is 35.1. The number of hydrogen-bond acceptors (Lipinski definition) is 3. The minimum Gasteiger partial charge on any atom is -0.320 e. The first-order valence-corrected chi connectivity index (χ1v) is 16.4. The second kappa shape index (κ2) is 14.1. The summed E-state index contributed by atoms with van der Waals surface area (Å²) in [6.45, 7) is 17.7. The Morgan fingerprint density at radius 2 is 1.38 bits per heavy atom. The van der Waals surface area contributed by atoms with E-state index in [-0.39, 0.29) is 25.5 Å². The predicted octanol–water partition coefficient (Wildman–Crippen LogP) is 11.0. The van der Waals surface area contributed by atoms with E-state index in [0.717, 1.165) is 28.9 Å². The fourth-order valence-corrected chi connectivity index (χ4v) is 6.42. The van der Waals surface area contributed by atoms with Crippen LogP contribution in [0.2, 0.25) is 0 Å². The number of aromatic nitrogens is 3. The Labute approximate surface area is 300 Å². The SMILES string of the molecule is CC1(C)c2ccccc2-c2cc(-c3[c-]cncc3)ncc21.Cc1cnc(-c2[c-]cc(C)c(-c3ccc(CC(C)(C)C)cc3)c2)cc1C.[Ir]. The first-order chi connectivity index (χ1) is 22.4. The third-order valence-corrected chi connectivity index (χ3v) is 9.17. The van der Waals surface area contributed by atoms with Crippen molar-refractivity contribution in [3.8, 4) is 44.8 Å². The molecule has 0 atom stereocenters. The van der Waals surface area contributed by atoms with Crippen molar-refractivity contribution in [3.05, 3.63) is 149 Å². The van der Waals surface area contributed by atoms with E-state index in [4.69, 9.17) is 0 Å². The number of benzene rings is 3. The van der Waals surface area contributed by atoms with Crippen LogP contribution in [0.5, 0.6) is 0 Å². The molecule has 0 spiro atoms. The zero-order valence-corrected chi connectivity index (χ0v) is 31.6. The van der Waals surface area contributed by atoms with Crippen LogP contribution in [0.1, 0.15) is 68.0 Å². The average molecular weight is 806 g/mol. The number of pyridine rings is 3. The van der Waals surface area contributed by atoms with Crippen LogP contribution < -0.4 is 0 Å². The average Bonchev–Trinajstić information content (AvgIpc) is 3.29. The number of hydrogen-bond donors (Lipinski definition) is 0. The van der Waals surface area contributed by atoms with E-state index in [9.17, 15) is 0 Å². The summed E-state index contributed by atoms with van der Waals surface area (Å²) in [5.74, 6) is 0. The molecule has 3 aromatic heterocycles. The molecule has 6 aromatic rings. The summed E-state index contributed by atoms with van der Waals surface area (Å²) in [6.07, 6.45) is 8.51. The number of fused-ring (bicyclic) bond motifs is 3. The van der Waals surface area contributed by atoms with Crippen molar-refractivity contribution in [2.24, 2.45) is 5.41 Å². The molecule has 4 heteroatoms. The molecule has 0 fully saturated rings. The fourth-order valence-electron chi connectivity index (χ4n) is 6.42. The van der Waals surface area contributed by atoms with Gasteiger partial charge in [-0.05, 0) is 88.4 Å². The normalized spacial score (nSPS) is 12.7. The van der Waals surface area contributed by atoms with Gasteiger partial charge in [0, 0.05) is 37.9 Å². The summed E-state index contributed by atoms with van der Waals surface area (Å²) in [5, 5.41) is 0. The smallest absolute Gasteiger partial charge is 0.0192 e. The standard InChI is InChI=1S/C25H28N.C19H15N2.Ir/c1-17-7-10-22(24-13-18(2)19(3)16-26-24)14-23(17)21-11-8-20(9-12-21)15-25(4,5)6;1-19(2)16-6-4-3-5-14(16)15-11-18(21-12-17(15)19)13-7-9-20-10-8-13;/h7-9,11-14,16H,15H2,1-6H3;3-7,9-12H,1-2H3;/q2*-1;. The second-order valence-corrected chi connectivity index (χ2v) is 14.5. The van der Waals surface area contributed by atoms with Gasteiger partial charge in [-0.2, -0.15) is 11.6 Å². The maximum Gasteiger partial charge on any atom is 0.0192 e. The monoisotopic (exact) mass is 806 g/mol. The summed E-state index contributed by atoms with van der Waals surface area (Å²) in [7, 11) is 0. The minimum atomic E-state index is 0. The van der Waals surface area contributed by atoms with Gasteiger partial charge in [0.25, 0.3) is 0 Å². The van der Waals surface area contributed by atoms with Gasteiger partial charge in [0.05, 0.1) is 0 Å². The van der Waals surface area contributed by atoms with Crippen molar-refractivity contribution in [1.29, 1.82) is 0 Å². The topological polar surface area (TPSA) is 38.7 Å². The Morgan fingerprint density at radius 3 is 2.06 bits per heavy atom. The molecule has 3 nitrogen and oxygen atoms in total. The van der Waals surface area contributed by atoms with Gasteiger partial charge in [0.1, 0.15) is 0 Å². The molecule has 245 valence electrons. The van der Waals surface area contributed by atoms with Crippen molar-refractivity contribution in [2.45, 2.75) is 67.2 Å². The van der Waals surface area contributed by atoms with Gasteiger partial charge in [-0.3, -0.25) is 4.98 Å².